The van der Waals surface area contributed by atoms with E-state index in [-0.39, 0.29) is 12.1 Å². The number of carbonyl (C=O) groups is 1. The van der Waals surface area contributed by atoms with Crippen molar-refractivity contribution in [3.05, 3.63) is 64.8 Å². The van der Waals surface area contributed by atoms with Crippen LogP contribution in [0.25, 0.3) is 10.8 Å². The average molecular weight is 643 g/mol. The van der Waals surface area contributed by atoms with E-state index in [0.717, 1.165) is 59.5 Å². The number of likely N-dealkylation sites (tertiary alicyclic amines) is 1. The Labute approximate surface area is 266 Å². The molecule has 12 heteroatoms. The molecule has 0 spiro atoms. The van der Waals surface area contributed by atoms with E-state index in [9.17, 15) is 18.0 Å². The SMILES string of the molecule is CC[C@H]1CN(c2nc(OC[C@@H]3CCCN3C)nc3c2CCN(c2cccc4cccc(Cl)c24)C3)CCN1C(=O)/C=C/C(F)(F)F. The normalized spacial score (nSPS) is 21.2. The second-order valence-corrected chi connectivity index (χ2v) is 12.5. The quantitative estimate of drug-likeness (QED) is 0.299. The van der Waals surface area contributed by atoms with Crippen molar-refractivity contribution in [1.29, 1.82) is 0 Å². The van der Waals surface area contributed by atoms with Gasteiger partial charge in [-0.3, -0.25) is 4.79 Å². The van der Waals surface area contributed by atoms with Crippen LogP contribution in [0, 0.1) is 0 Å². The molecule has 0 saturated carbocycles. The van der Waals surface area contributed by atoms with Gasteiger partial charge in [0.2, 0.25) is 5.91 Å². The topological polar surface area (TPSA) is 65.0 Å². The third kappa shape index (κ3) is 6.84. The number of likely N-dealkylation sites (N-methyl/N-ethyl adjacent to an activating group) is 1. The van der Waals surface area contributed by atoms with Crippen LogP contribution in [0.2, 0.25) is 5.02 Å². The van der Waals surface area contributed by atoms with Gasteiger partial charge in [0, 0.05) is 67.1 Å². The molecule has 3 aromatic rings. The maximum Gasteiger partial charge on any atom is 0.409 e. The summed E-state index contributed by atoms with van der Waals surface area (Å²) in [5, 5.41) is 2.78. The van der Waals surface area contributed by atoms with Crippen molar-refractivity contribution in [3.8, 4) is 6.01 Å². The monoisotopic (exact) mass is 642 g/mol. The van der Waals surface area contributed by atoms with Gasteiger partial charge in [-0.25, -0.2) is 0 Å². The number of hydrogen-bond acceptors (Lipinski definition) is 7. The molecule has 0 aliphatic carbocycles. The fourth-order valence-corrected chi connectivity index (χ4v) is 7.05. The Morgan fingerprint density at radius 1 is 1.07 bits per heavy atom. The van der Waals surface area contributed by atoms with E-state index < -0.39 is 12.1 Å². The molecule has 0 radical (unpaired) electrons. The third-order valence-corrected chi connectivity index (χ3v) is 9.54. The lowest BCUT2D eigenvalue weighted by Crippen LogP contribution is -2.55. The lowest BCUT2D eigenvalue weighted by Gasteiger charge is -2.42. The molecule has 2 fully saturated rings. The zero-order valence-corrected chi connectivity index (χ0v) is 26.3. The van der Waals surface area contributed by atoms with Crippen LogP contribution in [0.15, 0.2) is 48.6 Å². The van der Waals surface area contributed by atoms with Gasteiger partial charge in [-0.05, 0) is 56.8 Å². The van der Waals surface area contributed by atoms with Crippen molar-refractivity contribution in [1.82, 2.24) is 19.8 Å². The Bertz CT molecular complexity index is 1580. The second kappa shape index (κ2) is 13.0. The second-order valence-electron chi connectivity index (χ2n) is 12.0. The van der Waals surface area contributed by atoms with Gasteiger partial charge in [-0.2, -0.15) is 23.1 Å². The number of halogens is 4. The van der Waals surface area contributed by atoms with Crippen LogP contribution in [0.5, 0.6) is 6.01 Å². The number of allylic oxidation sites excluding steroid dienone is 1. The molecule has 6 rings (SSSR count). The van der Waals surface area contributed by atoms with Crippen molar-refractivity contribution in [2.75, 3.05) is 56.2 Å². The number of anilines is 2. The molecule has 0 N–H and O–H groups in total. The Balaban J connectivity index is 1.30. The molecular formula is C33H38ClF3N6O2. The van der Waals surface area contributed by atoms with Crippen molar-refractivity contribution in [2.24, 2.45) is 0 Å². The number of alkyl halides is 3. The Hall–Kier alpha value is -3.57. The molecule has 45 heavy (non-hydrogen) atoms. The van der Waals surface area contributed by atoms with Crippen molar-refractivity contribution < 1.29 is 22.7 Å². The van der Waals surface area contributed by atoms with Crippen LogP contribution in [0.4, 0.5) is 24.7 Å². The van der Waals surface area contributed by atoms with Crippen LogP contribution in [-0.2, 0) is 17.8 Å². The van der Waals surface area contributed by atoms with E-state index in [1.165, 1.54) is 4.90 Å². The molecule has 4 heterocycles. The maximum absolute atomic E-state index is 12.8. The first-order chi connectivity index (χ1) is 21.6. The third-order valence-electron chi connectivity index (χ3n) is 9.22. The number of rotatable bonds is 7. The summed E-state index contributed by atoms with van der Waals surface area (Å²) in [5.74, 6) is 0.152. The highest BCUT2D eigenvalue weighted by molar-refractivity contribution is 6.36. The summed E-state index contributed by atoms with van der Waals surface area (Å²) in [7, 11) is 2.10. The maximum atomic E-state index is 12.8. The van der Waals surface area contributed by atoms with Crippen LogP contribution in [0.3, 0.4) is 0 Å². The number of carbonyl (C=O) groups excluding carboxylic acids is 1. The number of ether oxygens (including phenoxy) is 1. The summed E-state index contributed by atoms with van der Waals surface area (Å²) in [6, 6.07) is 12.5. The summed E-state index contributed by atoms with van der Waals surface area (Å²) in [4.78, 5) is 30.8. The van der Waals surface area contributed by atoms with Gasteiger partial charge < -0.3 is 24.3 Å². The number of benzene rings is 2. The Kier molecular flexibility index (Phi) is 9.10. The van der Waals surface area contributed by atoms with E-state index in [0.29, 0.717) is 68.8 Å². The molecule has 8 nitrogen and oxygen atoms in total. The average Bonchev–Trinajstić information content (AvgIpc) is 3.45. The molecule has 2 atom stereocenters. The minimum absolute atomic E-state index is 0.00942. The number of hydrogen-bond donors (Lipinski definition) is 0. The van der Waals surface area contributed by atoms with Gasteiger partial charge in [-0.15, -0.1) is 0 Å². The first-order valence-corrected chi connectivity index (χ1v) is 16.0. The van der Waals surface area contributed by atoms with E-state index in [1.54, 1.807) is 0 Å². The van der Waals surface area contributed by atoms with Crippen molar-refractivity contribution in [3.63, 3.8) is 0 Å². The zero-order chi connectivity index (χ0) is 31.7. The standard InChI is InChI=1S/C33H38ClF3N6O2/c1-3-23-19-42(17-18-43(23)29(44)12-14-33(35,36)37)31-25-13-16-41(28-11-5-8-22-7-4-10-26(34)30(22)28)20-27(25)38-32(39-31)45-21-24-9-6-15-40(24)2/h4-5,7-8,10-12,14,23-24H,3,6,9,13,15-21H2,1-2H3/b14-12+/t23-,24-/m0/s1. The number of piperazine rings is 1. The highest BCUT2D eigenvalue weighted by atomic mass is 35.5. The zero-order valence-electron chi connectivity index (χ0n) is 25.6. The smallest absolute Gasteiger partial charge is 0.409 e. The van der Waals surface area contributed by atoms with Gasteiger partial charge in [0.15, 0.2) is 0 Å². The summed E-state index contributed by atoms with van der Waals surface area (Å²) in [6.07, 6.45) is -0.414. The van der Waals surface area contributed by atoms with Gasteiger partial charge in [0.05, 0.1) is 17.3 Å². The molecule has 2 aromatic carbocycles. The van der Waals surface area contributed by atoms with Crippen molar-refractivity contribution in [2.45, 2.75) is 57.4 Å². The molecule has 240 valence electrons. The molecular weight excluding hydrogens is 605 g/mol. The van der Waals surface area contributed by atoms with Gasteiger partial charge in [-0.1, -0.05) is 42.8 Å². The summed E-state index contributed by atoms with van der Waals surface area (Å²) < 4.78 is 44.5. The Morgan fingerprint density at radius 2 is 1.87 bits per heavy atom. The minimum atomic E-state index is -4.53. The minimum Gasteiger partial charge on any atom is -0.462 e. The van der Waals surface area contributed by atoms with Gasteiger partial charge in [0.25, 0.3) is 0 Å². The summed E-state index contributed by atoms with van der Waals surface area (Å²) in [6.45, 7) is 5.94. The molecule has 0 unspecified atom stereocenters. The van der Waals surface area contributed by atoms with Gasteiger partial charge in [0.1, 0.15) is 12.4 Å². The van der Waals surface area contributed by atoms with Crippen LogP contribution in [-0.4, -0.2) is 90.3 Å². The van der Waals surface area contributed by atoms with Crippen molar-refractivity contribution >= 4 is 39.8 Å². The van der Waals surface area contributed by atoms with E-state index in [1.807, 2.05) is 25.1 Å². The number of nitrogens with zero attached hydrogens (tertiary/aromatic N) is 6. The fourth-order valence-electron chi connectivity index (χ4n) is 6.77. The number of aromatic nitrogens is 2. The van der Waals surface area contributed by atoms with E-state index >= 15 is 0 Å². The van der Waals surface area contributed by atoms with Gasteiger partial charge >= 0.3 is 12.2 Å². The predicted molar refractivity (Wildman–Crippen MR) is 170 cm³/mol. The van der Waals surface area contributed by atoms with Crippen LogP contribution < -0.4 is 14.5 Å². The lowest BCUT2D eigenvalue weighted by atomic mass is 10.0. The highest BCUT2D eigenvalue weighted by Gasteiger charge is 2.34. The summed E-state index contributed by atoms with van der Waals surface area (Å²) in [5.41, 5.74) is 2.96. The van der Waals surface area contributed by atoms with E-state index in [4.69, 9.17) is 26.3 Å². The predicted octanol–water partition coefficient (Wildman–Crippen LogP) is 5.86. The molecule has 3 aliphatic heterocycles. The molecule has 2 saturated heterocycles. The molecule has 3 aliphatic rings. The molecule has 0 bridgehead atoms. The first kappa shape index (κ1) is 31.4. The largest absolute Gasteiger partial charge is 0.462 e. The molecule has 1 amide bonds. The van der Waals surface area contributed by atoms with E-state index in [2.05, 4.69) is 39.9 Å². The molecule has 1 aromatic heterocycles. The number of fused-ring (bicyclic) bond motifs is 2. The van der Waals surface area contributed by atoms with Crippen LogP contribution >= 0.6 is 11.6 Å². The lowest BCUT2D eigenvalue weighted by molar-refractivity contribution is -0.129. The first-order valence-electron chi connectivity index (χ1n) is 15.6. The fraction of sp³-hybridized carbons (Fsp3) is 0.485. The number of amides is 1. The van der Waals surface area contributed by atoms with Crippen LogP contribution in [0.1, 0.15) is 37.4 Å². The summed E-state index contributed by atoms with van der Waals surface area (Å²) >= 11 is 6.68. The highest BCUT2D eigenvalue weighted by Crippen LogP contribution is 2.37. The Morgan fingerprint density at radius 3 is 2.60 bits per heavy atom.